The van der Waals surface area contributed by atoms with Gasteiger partial charge in [-0.05, 0) is 19.4 Å². The summed E-state index contributed by atoms with van der Waals surface area (Å²) in [6, 6.07) is 10.0. The summed E-state index contributed by atoms with van der Waals surface area (Å²) in [4.78, 5) is 0. The maximum Gasteiger partial charge on any atom is 0.103 e. The van der Waals surface area contributed by atoms with Crippen molar-refractivity contribution in [1.82, 2.24) is 5.06 Å². The Labute approximate surface area is 90.2 Å². The molecule has 0 aliphatic carbocycles. The predicted molar refractivity (Wildman–Crippen MR) is 57.7 cm³/mol. The van der Waals surface area contributed by atoms with Crippen LogP contribution in [0.25, 0.3) is 0 Å². The Hall–Kier alpha value is -0.900. The highest BCUT2D eigenvalue weighted by Gasteiger charge is 2.39. The fourth-order valence-electron chi connectivity index (χ4n) is 2.02. The largest absolute Gasteiger partial charge is 0.370 e. The molecule has 1 aliphatic rings. The van der Waals surface area contributed by atoms with Crippen molar-refractivity contribution in [2.75, 3.05) is 13.2 Å². The fraction of sp³-hybridized carbons (Fsp3) is 0.500. The lowest BCUT2D eigenvalue weighted by Gasteiger charge is -2.44. The van der Waals surface area contributed by atoms with E-state index in [0.717, 1.165) is 5.56 Å². The lowest BCUT2D eigenvalue weighted by Crippen LogP contribution is -2.52. The fourth-order valence-corrected chi connectivity index (χ4v) is 2.02. The predicted octanol–water partition coefficient (Wildman–Crippen LogP) is 2.23. The second-order valence-corrected chi connectivity index (χ2v) is 4.44. The van der Waals surface area contributed by atoms with E-state index in [-0.39, 0.29) is 11.6 Å². The van der Waals surface area contributed by atoms with Gasteiger partial charge in [0, 0.05) is 6.54 Å². The van der Waals surface area contributed by atoms with E-state index in [2.05, 4.69) is 0 Å². The average Bonchev–Trinajstić information content (AvgIpc) is 2.23. The lowest BCUT2D eigenvalue weighted by molar-refractivity contribution is -0.246. The van der Waals surface area contributed by atoms with Gasteiger partial charge in [-0.2, -0.15) is 5.06 Å². The summed E-state index contributed by atoms with van der Waals surface area (Å²) < 4.78 is 5.75. The van der Waals surface area contributed by atoms with Crippen molar-refractivity contribution in [3.63, 3.8) is 0 Å². The normalized spacial score (nSPS) is 26.5. The van der Waals surface area contributed by atoms with Crippen LogP contribution in [0.3, 0.4) is 0 Å². The Morgan fingerprint density at radius 1 is 1.33 bits per heavy atom. The molecule has 1 heterocycles. The van der Waals surface area contributed by atoms with Gasteiger partial charge in [0.05, 0.1) is 12.1 Å². The van der Waals surface area contributed by atoms with E-state index in [1.807, 2.05) is 44.2 Å². The molecule has 0 saturated carbocycles. The van der Waals surface area contributed by atoms with E-state index in [9.17, 15) is 5.21 Å². The van der Waals surface area contributed by atoms with Crippen molar-refractivity contribution in [1.29, 1.82) is 0 Å². The molecule has 0 radical (unpaired) electrons. The zero-order chi connectivity index (χ0) is 10.9. The third kappa shape index (κ3) is 1.91. The van der Waals surface area contributed by atoms with Crippen LogP contribution in [0.15, 0.2) is 30.3 Å². The minimum Gasteiger partial charge on any atom is -0.370 e. The molecule has 1 N–H and O–H groups in total. The first-order valence-corrected chi connectivity index (χ1v) is 5.25. The molecule has 1 aromatic rings. The van der Waals surface area contributed by atoms with Gasteiger partial charge in [-0.25, -0.2) is 0 Å². The first-order chi connectivity index (χ1) is 7.12. The maximum absolute atomic E-state index is 9.82. The third-order valence-corrected chi connectivity index (χ3v) is 3.00. The van der Waals surface area contributed by atoms with Gasteiger partial charge in [-0.1, -0.05) is 30.3 Å². The van der Waals surface area contributed by atoms with Crippen molar-refractivity contribution in [2.45, 2.75) is 25.5 Å². The molecule has 1 fully saturated rings. The molecule has 0 spiro atoms. The topological polar surface area (TPSA) is 32.7 Å². The summed E-state index contributed by atoms with van der Waals surface area (Å²) in [5.74, 6) is 0. The summed E-state index contributed by atoms with van der Waals surface area (Å²) in [5.41, 5.74) is 0.737. The molecule has 0 amide bonds. The van der Waals surface area contributed by atoms with E-state index in [1.54, 1.807) is 0 Å². The molecule has 1 atom stereocenters. The highest BCUT2D eigenvalue weighted by molar-refractivity contribution is 5.21. The Bertz CT molecular complexity index is 324. The smallest absolute Gasteiger partial charge is 0.103 e. The molecule has 1 saturated heterocycles. The number of hydroxylamine groups is 2. The van der Waals surface area contributed by atoms with E-state index < -0.39 is 0 Å². The van der Waals surface area contributed by atoms with Gasteiger partial charge in [0.1, 0.15) is 6.10 Å². The third-order valence-electron chi connectivity index (χ3n) is 3.00. The Morgan fingerprint density at radius 3 is 2.67 bits per heavy atom. The standard InChI is InChI=1S/C12H17NO2/c1-12(2)11(15-9-8-13(12)14)10-6-4-3-5-7-10/h3-7,11,14H,8-9H2,1-2H3. The number of rotatable bonds is 1. The van der Waals surface area contributed by atoms with Gasteiger partial charge in [-0.3, -0.25) is 0 Å². The van der Waals surface area contributed by atoms with Gasteiger partial charge in [0.25, 0.3) is 0 Å². The van der Waals surface area contributed by atoms with Gasteiger partial charge in [0.2, 0.25) is 0 Å². The van der Waals surface area contributed by atoms with Crippen LogP contribution in [0.1, 0.15) is 25.5 Å². The van der Waals surface area contributed by atoms with Crippen LogP contribution in [0.4, 0.5) is 0 Å². The van der Waals surface area contributed by atoms with Crippen LogP contribution < -0.4 is 0 Å². The van der Waals surface area contributed by atoms with Crippen molar-refractivity contribution in [3.8, 4) is 0 Å². The minimum atomic E-state index is -0.375. The second kappa shape index (κ2) is 3.93. The lowest BCUT2D eigenvalue weighted by atomic mass is 9.89. The van der Waals surface area contributed by atoms with E-state index >= 15 is 0 Å². The first-order valence-electron chi connectivity index (χ1n) is 5.25. The molecule has 3 heteroatoms. The van der Waals surface area contributed by atoms with Crippen molar-refractivity contribution < 1.29 is 9.94 Å². The van der Waals surface area contributed by atoms with Gasteiger partial charge in [-0.15, -0.1) is 0 Å². The van der Waals surface area contributed by atoms with Crippen LogP contribution >= 0.6 is 0 Å². The molecule has 3 nitrogen and oxygen atoms in total. The molecule has 0 bridgehead atoms. The number of ether oxygens (including phenoxy) is 1. The van der Waals surface area contributed by atoms with Crippen molar-refractivity contribution in [3.05, 3.63) is 35.9 Å². The SMILES string of the molecule is CC1(C)C(c2ccccc2)OCCN1O. The van der Waals surface area contributed by atoms with Gasteiger partial charge in [0.15, 0.2) is 0 Å². The van der Waals surface area contributed by atoms with E-state index in [4.69, 9.17) is 4.74 Å². The Morgan fingerprint density at radius 2 is 2.00 bits per heavy atom. The Balaban J connectivity index is 2.28. The van der Waals surface area contributed by atoms with Gasteiger partial charge < -0.3 is 9.94 Å². The maximum atomic E-state index is 9.82. The van der Waals surface area contributed by atoms with Crippen LogP contribution in [0.2, 0.25) is 0 Å². The molecular formula is C12H17NO2. The second-order valence-electron chi connectivity index (χ2n) is 4.44. The zero-order valence-electron chi connectivity index (χ0n) is 9.18. The number of nitrogens with zero attached hydrogens (tertiary/aromatic N) is 1. The number of benzene rings is 1. The minimum absolute atomic E-state index is 0.0718. The quantitative estimate of drug-likeness (QED) is 0.766. The van der Waals surface area contributed by atoms with Crippen LogP contribution in [0.5, 0.6) is 0 Å². The molecule has 15 heavy (non-hydrogen) atoms. The molecule has 1 aliphatic heterocycles. The zero-order valence-corrected chi connectivity index (χ0v) is 9.18. The summed E-state index contributed by atoms with van der Waals surface area (Å²) in [6.07, 6.45) is -0.0718. The van der Waals surface area contributed by atoms with E-state index in [1.165, 1.54) is 5.06 Å². The van der Waals surface area contributed by atoms with E-state index in [0.29, 0.717) is 13.2 Å². The molecule has 0 aromatic heterocycles. The molecular weight excluding hydrogens is 190 g/mol. The molecule has 1 unspecified atom stereocenters. The molecule has 1 aromatic carbocycles. The van der Waals surface area contributed by atoms with Crippen LogP contribution in [-0.2, 0) is 4.74 Å². The van der Waals surface area contributed by atoms with Crippen molar-refractivity contribution >= 4 is 0 Å². The molecule has 82 valence electrons. The number of hydrogen-bond donors (Lipinski definition) is 1. The van der Waals surface area contributed by atoms with Gasteiger partial charge >= 0.3 is 0 Å². The highest BCUT2D eigenvalue weighted by atomic mass is 16.5. The number of morpholine rings is 1. The monoisotopic (exact) mass is 207 g/mol. The summed E-state index contributed by atoms with van der Waals surface area (Å²) >= 11 is 0. The Kier molecular flexibility index (Phi) is 2.78. The summed E-state index contributed by atoms with van der Waals surface area (Å²) in [5, 5.41) is 11.2. The van der Waals surface area contributed by atoms with Crippen LogP contribution in [0, 0.1) is 0 Å². The van der Waals surface area contributed by atoms with Crippen molar-refractivity contribution in [2.24, 2.45) is 0 Å². The highest BCUT2D eigenvalue weighted by Crippen LogP contribution is 2.35. The summed E-state index contributed by atoms with van der Waals surface area (Å²) in [6.45, 7) is 5.11. The average molecular weight is 207 g/mol. The molecule has 2 rings (SSSR count). The van der Waals surface area contributed by atoms with Crippen LogP contribution in [-0.4, -0.2) is 29.0 Å². The number of hydrogen-bond acceptors (Lipinski definition) is 3. The summed E-state index contributed by atoms with van der Waals surface area (Å²) in [7, 11) is 0. The first kappa shape index (κ1) is 10.6.